The lowest BCUT2D eigenvalue weighted by Gasteiger charge is -2.12. The van der Waals surface area contributed by atoms with Crippen LogP contribution in [-0.2, 0) is 11.3 Å². The van der Waals surface area contributed by atoms with E-state index in [1.54, 1.807) is 7.05 Å². The third kappa shape index (κ3) is 2.20. The molecule has 0 bridgehead atoms. The maximum Gasteiger partial charge on any atom is 0.237 e. The lowest BCUT2D eigenvalue weighted by atomic mass is 10.5. The maximum absolute atomic E-state index is 11.0. The number of hydrogen-bond acceptors (Lipinski definition) is 3. The molecule has 0 aliphatic rings. The van der Waals surface area contributed by atoms with Crippen LogP contribution in [0.3, 0.4) is 0 Å². The van der Waals surface area contributed by atoms with Gasteiger partial charge in [0, 0.05) is 7.05 Å². The number of amides is 1. The molecule has 1 heterocycles. The number of aromatic nitrogens is 3. The summed E-state index contributed by atoms with van der Waals surface area (Å²) in [6.07, 6.45) is 1.40. The molecule has 66 valence electrons. The van der Waals surface area contributed by atoms with Gasteiger partial charge in [-0.2, -0.15) is 5.10 Å². The van der Waals surface area contributed by atoms with E-state index in [9.17, 15) is 4.79 Å². The average Bonchev–Trinajstić information content (AvgIpc) is 2.55. The number of carbonyl (C=O) groups is 1. The number of rotatable bonds is 3. The summed E-state index contributed by atoms with van der Waals surface area (Å²) in [6, 6.07) is 0. The predicted octanol–water partition coefficient (Wildman–Crippen LogP) is 0.00190. The Morgan fingerprint density at radius 3 is 3.08 bits per heavy atom. The zero-order valence-corrected chi connectivity index (χ0v) is 7.38. The molecule has 0 saturated carbocycles. The predicted molar refractivity (Wildman–Crippen MR) is 43.6 cm³/mol. The molecule has 1 N–H and O–H groups in total. The zero-order valence-electron chi connectivity index (χ0n) is 6.62. The van der Waals surface area contributed by atoms with Crippen LogP contribution in [0.15, 0.2) is 6.33 Å². The molecule has 5 nitrogen and oxygen atoms in total. The fraction of sp³-hybridized carbons (Fsp3) is 0.500. The Labute approximate surface area is 74.7 Å². The third-order valence-electron chi connectivity index (χ3n) is 1.39. The molecule has 0 spiro atoms. The first kappa shape index (κ1) is 8.99. The van der Waals surface area contributed by atoms with Crippen molar-refractivity contribution in [2.75, 3.05) is 12.9 Å². The third-order valence-corrected chi connectivity index (χ3v) is 1.62. The number of hydrogen-bond donors (Lipinski definition) is 1. The molecule has 1 rings (SSSR count). The van der Waals surface area contributed by atoms with Crippen molar-refractivity contribution in [2.45, 2.75) is 6.54 Å². The van der Waals surface area contributed by atoms with Crippen molar-refractivity contribution in [3.63, 3.8) is 0 Å². The van der Waals surface area contributed by atoms with Gasteiger partial charge in [-0.05, 0) is 0 Å². The maximum atomic E-state index is 11.0. The Balaban J connectivity index is 2.47. The molecule has 0 saturated heterocycles. The van der Waals surface area contributed by atoms with Crippen molar-refractivity contribution in [2.24, 2.45) is 0 Å². The van der Waals surface area contributed by atoms with Gasteiger partial charge in [0.15, 0.2) is 0 Å². The van der Waals surface area contributed by atoms with E-state index >= 15 is 0 Å². The fourth-order valence-corrected chi connectivity index (χ4v) is 0.926. The van der Waals surface area contributed by atoms with Gasteiger partial charge in [0.1, 0.15) is 18.0 Å². The Morgan fingerprint density at radius 2 is 2.58 bits per heavy atom. The molecular weight excluding hydrogens is 180 g/mol. The van der Waals surface area contributed by atoms with E-state index in [4.69, 9.17) is 11.6 Å². The van der Waals surface area contributed by atoms with Crippen LogP contribution in [0.25, 0.3) is 0 Å². The molecule has 1 aromatic rings. The minimum absolute atomic E-state index is 0.00929. The highest BCUT2D eigenvalue weighted by atomic mass is 35.5. The quantitative estimate of drug-likeness (QED) is 0.680. The minimum atomic E-state index is -0.131. The average molecular weight is 189 g/mol. The summed E-state index contributed by atoms with van der Waals surface area (Å²) >= 11 is 5.35. The molecule has 0 unspecified atom stereocenters. The second-order valence-electron chi connectivity index (χ2n) is 2.32. The summed E-state index contributed by atoms with van der Waals surface area (Å²) in [5, 5.41) is 6.30. The Kier molecular flexibility index (Phi) is 3.04. The normalized spacial score (nSPS) is 9.83. The number of carbonyl (C=O) groups excluding carboxylic acids is 1. The van der Waals surface area contributed by atoms with Crippen molar-refractivity contribution in [1.29, 1.82) is 0 Å². The van der Waals surface area contributed by atoms with Gasteiger partial charge in [-0.25, -0.2) is 4.98 Å². The lowest BCUT2D eigenvalue weighted by molar-refractivity contribution is -0.127. The van der Waals surface area contributed by atoms with Crippen LogP contribution in [0.2, 0.25) is 0 Å². The molecule has 0 radical (unpaired) electrons. The van der Waals surface area contributed by atoms with E-state index in [1.807, 2.05) is 0 Å². The molecular formula is C6H9ClN4O. The van der Waals surface area contributed by atoms with Crippen LogP contribution in [0.5, 0.6) is 0 Å². The summed E-state index contributed by atoms with van der Waals surface area (Å²) < 4.78 is 0. The monoisotopic (exact) mass is 188 g/mol. The first-order valence-corrected chi connectivity index (χ1v) is 3.91. The summed E-state index contributed by atoms with van der Waals surface area (Å²) in [5.74, 6) is 0.508. The van der Waals surface area contributed by atoms with Crippen molar-refractivity contribution in [3.8, 4) is 0 Å². The fourth-order valence-electron chi connectivity index (χ4n) is 0.722. The van der Waals surface area contributed by atoms with Crippen molar-refractivity contribution < 1.29 is 4.79 Å². The van der Waals surface area contributed by atoms with Crippen LogP contribution < -0.4 is 0 Å². The molecule has 0 aliphatic heterocycles. The Morgan fingerprint density at radius 1 is 1.83 bits per heavy atom. The van der Waals surface area contributed by atoms with E-state index in [0.29, 0.717) is 12.4 Å². The lowest BCUT2D eigenvalue weighted by Crippen LogP contribution is -2.27. The molecule has 0 aromatic carbocycles. The first-order chi connectivity index (χ1) is 5.74. The molecule has 12 heavy (non-hydrogen) atoms. The second kappa shape index (κ2) is 4.06. The highest BCUT2D eigenvalue weighted by molar-refractivity contribution is 6.27. The molecule has 0 fully saturated rings. The summed E-state index contributed by atoms with van der Waals surface area (Å²) in [6.45, 7) is 0.408. The largest absolute Gasteiger partial charge is 0.337 e. The van der Waals surface area contributed by atoms with Gasteiger partial charge < -0.3 is 4.90 Å². The minimum Gasteiger partial charge on any atom is -0.337 e. The van der Waals surface area contributed by atoms with Gasteiger partial charge in [0.25, 0.3) is 0 Å². The summed E-state index contributed by atoms with van der Waals surface area (Å²) in [4.78, 5) is 16.3. The van der Waals surface area contributed by atoms with E-state index in [-0.39, 0.29) is 11.8 Å². The highest BCUT2D eigenvalue weighted by Gasteiger charge is 2.08. The summed E-state index contributed by atoms with van der Waals surface area (Å²) in [7, 11) is 1.66. The summed E-state index contributed by atoms with van der Waals surface area (Å²) in [5.41, 5.74) is 0. The van der Waals surface area contributed by atoms with Gasteiger partial charge in [0.05, 0.1) is 6.54 Å². The Bertz CT molecular complexity index is 248. The molecule has 1 aromatic heterocycles. The SMILES string of the molecule is CN(Cc1ncn[nH]1)C(=O)CCl. The van der Waals surface area contributed by atoms with Gasteiger partial charge in [-0.15, -0.1) is 11.6 Å². The smallest absolute Gasteiger partial charge is 0.237 e. The number of nitrogens with zero attached hydrogens (tertiary/aromatic N) is 3. The number of alkyl halides is 1. The van der Waals surface area contributed by atoms with Crippen LogP contribution in [-0.4, -0.2) is 38.9 Å². The van der Waals surface area contributed by atoms with Crippen LogP contribution in [0.1, 0.15) is 5.82 Å². The molecule has 0 aliphatic carbocycles. The zero-order chi connectivity index (χ0) is 8.97. The van der Waals surface area contributed by atoms with Crippen LogP contribution in [0, 0.1) is 0 Å². The molecule has 0 atom stereocenters. The van der Waals surface area contributed by atoms with Gasteiger partial charge in [-0.1, -0.05) is 0 Å². The number of H-pyrrole nitrogens is 1. The van der Waals surface area contributed by atoms with E-state index in [2.05, 4.69) is 15.2 Å². The van der Waals surface area contributed by atoms with Crippen molar-refractivity contribution in [3.05, 3.63) is 12.2 Å². The number of aromatic amines is 1. The van der Waals surface area contributed by atoms with Crippen molar-refractivity contribution >= 4 is 17.5 Å². The van der Waals surface area contributed by atoms with E-state index in [1.165, 1.54) is 11.2 Å². The Hall–Kier alpha value is -1.10. The number of halogens is 1. The molecule has 6 heteroatoms. The van der Waals surface area contributed by atoms with Gasteiger partial charge >= 0.3 is 0 Å². The van der Waals surface area contributed by atoms with Crippen molar-refractivity contribution in [1.82, 2.24) is 20.1 Å². The molecule has 1 amide bonds. The number of nitrogens with one attached hydrogen (secondary N) is 1. The van der Waals surface area contributed by atoms with Gasteiger partial charge in [-0.3, -0.25) is 9.89 Å². The van der Waals surface area contributed by atoms with Crippen LogP contribution >= 0.6 is 11.6 Å². The second-order valence-corrected chi connectivity index (χ2v) is 2.58. The van der Waals surface area contributed by atoms with E-state index in [0.717, 1.165) is 0 Å². The van der Waals surface area contributed by atoms with E-state index < -0.39 is 0 Å². The standard InChI is InChI=1S/C6H9ClN4O/c1-11(6(12)2-7)3-5-8-4-9-10-5/h4H,2-3H2,1H3,(H,8,9,10). The van der Waals surface area contributed by atoms with Gasteiger partial charge in [0.2, 0.25) is 5.91 Å². The topological polar surface area (TPSA) is 61.9 Å². The van der Waals surface area contributed by atoms with Crippen LogP contribution in [0.4, 0.5) is 0 Å². The first-order valence-electron chi connectivity index (χ1n) is 3.38. The highest BCUT2D eigenvalue weighted by Crippen LogP contribution is 1.95.